The van der Waals surface area contributed by atoms with E-state index in [4.69, 9.17) is 4.74 Å². The molecule has 78 valence electrons. The van der Waals surface area contributed by atoms with E-state index in [0.717, 1.165) is 19.4 Å². The highest BCUT2D eigenvalue weighted by Crippen LogP contribution is 1.98. The van der Waals surface area contributed by atoms with Crippen LogP contribution in [0.1, 0.15) is 32.6 Å². The molecule has 1 N–H and O–H groups in total. The summed E-state index contributed by atoms with van der Waals surface area (Å²) < 4.78 is 4.85. The van der Waals surface area contributed by atoms with Gasteiger partial charge in [0.05, 0.1) is 13.2 Å². The molecule has 0 unspecified atom stereocenters. The second kappa shape index (κ2) is 9.68. The van der Waals surface area contributed by atoms with Gasteiger partial charge in [-0.25, -0.2) is 0 Å². The molecule has 0 aromatic rings. The van der Waals surface area contributed by atoms with Crippen molar-refractivity contribution in [2.45, 2.75) is 32.6 Å². The maximum atomic E-state index is 11.2. The Kier molecular flexibility index (Phi) is 9.37. The number of rotatable bonds is 9. The molecular formula is C10H21NO2. The van der Waals surface area contributed by atoms with E-state index in [1.54, 1.807) is 7.11 Å². The molecule has 0 radical (unpaired) electrons. The molecule has 0 atom stereocenters. The molecule has 3 heteroatoms. The van der Waals surface area contributed by atoms with Crippen LogP contribution in [-0.4, -0.2) is 32.6 Å². The number of ketones is 1. The van der Waals surface area contributed by atoms with Gasteiger partial charge in [0, 0.05) is 20.1 Å². The first-order valence-corrected chi connectivity index (χ1v) is 5.02. The third-order valence-electron chi connectivity index (χ3n) is 1.86. The molecule has 0 bridgehead atoms. The second-order valence-corrected chi connectivity index (χ2v) is 3.17. The predicted molar refractivity (Wildman–Crippen MR) is 53.9 cm³/mol. The number of ether oxygens (including phenoxy) is 1. The number of Topliss-reactive ketones (excluding diaryl/α,β-unsaturated/α-hetero) is 1. The monoisotopic (exact) mass is 187 g/mol. The zero-order valence-corrected chi connectivity index (χ0v) is 8.77. The normalized spacial score (nSPS) is 10.3. The van der Waals surface area contributed by atoms with Gasteiger partial charge in [-0.15, -0.1) is 0 Å². The van der Waals surface area contributed by atoms with Crippen molar-refractivity contribution in [1.29, 1.82) is 0 Å². The quantitative estimate of drug-likeness (QED) is 0.554. The average Bonchev–Trinajstić information content (AvgIpc) is 2.13. The summed E-state index contributed by atoms with van der Waals surface area (Å²) in [6.45, 7) is 4.06. The molecule has 0 saturated carbocycles. The Morgan fingerprint density at radius 1 is 1.38 bits per heavy atom. The van der Waals surface area contributed by atoms with Crippen molar-refractivity contribution in [3.8, 4) is 0 Å². The van der Waals surface area contributed by atoms with Gasteiger partial charge in [-0.3, -0.25) is 4.79 Å². The molecule has 0 rings (SSSR count). The van der Waals surface area contributed by atoms with Crippen molar-refractivity contribution in [3.05, 3.63) is 0 Å². The van der Waals surface area contributed by atoms with Gasteiger partial charge in [0.15, 0.2) is 0 Å². The third kappa shape index (κ3) is 9.50. The van der Waals surface area contributed by atoms with Crippen LogP contribution < -0.4 is 5.32 Å². The number of carbonyl (C=O) groups is 1. The van der Waals surface area contributed by atoms with Crippen LogP contribution >= 0.6 is 0 Å². The predicted octanol–water partition coefficient (Wildman–Crippen LogP) is 1.37. The molecule has 0 aliphatic heterocycles. The Hall–Kier alpha value is -0.410. The standard InChI is InChI=1S/C10H21NO2/c1-3-4-5-6-10(12)9-11-7-8-13-2/h11H,3-9H2,1-2H3. The largest absolute Gasteiger partial charge is 0.383 e. The highest BCUT2D eigenvalue weighted by Gasteiger charge is 1.99. The van der Waals surface area contributed by atoms with E-state index in [9.17, 15) is 4.79 Å². The summed E-state index contributed by atoms with van der Waals surface area (Å²) in [5, 5.41) is 3.04. The van der Waals surface area contributed by atoms with E-state index in [0.29, 0.717) is 25.4 Å². The van der Waals surface area contributed by atoms with Crippen LogP contribution in [0.2, 0.25) is 0 Å². The van der Waals surface area contributed by atoms with E-state index < -0.39 is 0 Å². The Morgan fingerprint density at radius 2 is 2.15 bits per heavy atom. The maximum absolute atomic E-state index is 11.2. The maximum Gasteiger partial charge on any atom is 0.146 e. The number of hydrogen-bond donors (Lipinski definition) is 1. The lowest BCUT2D eigenvalue weighted by molar-refractivity contribution is -0.118. The topological polar surface area (TPSA) is 38.3 Å². The number of methoxy groups -OCH3 is 1. The molecule has 0 saturated heterocycles. The highest BCUT2D eigenvalue weighted by atomic mass is 16.5. The summed E-state index contributed by atoms with van der Waals surface area (Å²) in [5.74, 6) is 0.310. The number of carbonyl (C=O) groups excluding carboxylic acids is 1. The summed E-state index contributed by atoms with van der Waals surface area (Å²) in [4.78, 5) is 11.2. The molecule has 0 aromatic carbocycles. The molecule has 13 heavy (non-hydrogen) atoms. The lowest BCUT2D eigenvalue weighted by Gasteiger charge is -2.02. The van der Waals surface area contributed by atoms with Crippen LogP contribution in [0.4, 0.5) is 0 Å². The van der Waals surface area contributed by atoms with Gasteiger partial charge in [-0.2, -0.15) is 0 Å². The van der Waals surface area contributed by atoms with Gasteiger partial charge in [0.25, 0.3) is 0 Å². The lowest BCUT2D eigenvalue weighted by Crippen LogP contribution is -2.26. The fraction of sp³-hybridized carbons (Fsp3) is 0.900. The minimum Gasteiger partial charge on any atom is -0.383 e. The molecule has 0 amide bonds. The van der Waals surface area contributed by atoms with E-state index in [2.05, 4.69) is 12.2 Å². The SMILES string of the molecule is CCCCCC(=O)CNCCOC. The third-order valence-corrected chi connectivity index (χ3v) is 1.86. The van der Waals surface area contributed by atoms with Crippen molar-refractivity contribution >= 4 is 5.78 Å². The minimum atomic E-state index is 0.310. The number of nitrogens with one attached hydrogen (secondary N) is 1. The Morgan fingerprint density at radius 3 is 2.77 bits per heavy atom. The van der Waals surface area contributed by atoms with Crippen molar-refractivity contribution < 1.29 is 9.53 Å². The molecular weight excluding hydrogens is 166 g/mol. The van der Waals surface area contributed by atoms with Crippen LogP contribution in [0.25, 0.3) is 0 Å². The summed E-state index contributed by atoms with van der Waals surface area (Å²) in [5.41, 5.74) is 0. The average molecular weight is 187 g/mol. The molecule has 0 fully saturated rings. The van der Waals surface area contributed by atoms with Crippen molar-refractivity contribution in [2.24, 2.45) is 0 Å². The smallest absolute Gasteiger partial charge is 0.146 e. The zero-order chi connectivity index (χ0) is 9.94. The molecule has 0 aromatic heterocycles. The number of unbranched alkanes of at least 4 members (excludes halogenated alkanes) is 2. The van der Waals surface area contributed by atoms with Gasteiger partial charge >= 0.3 is 0 Å². The van der Waals surface area contributed by atoms with Crippen LogP contribution in [0.15, 0.2) is 0 Å². The van der Waals surface area contributed by atoms with E-state index in [-0.39, 0.29) is 0 Å². The zero-order valence-electron chi connectivity index (χ0n) is 8.77. The van der Waals surface area contributed by atoms with E-state index in [1.165, 1.54) is 6.42 Å². The van der Waals surface area contributed by atoms with Crippen LogP contribution in [0.3, 0.4) is 0 Å². The fourth-order valence-corrected chi connectivity index (χ4v) is 1.06. The Bertz CT molecular complexity index is 126. The van der Waals surface area contributed by atoms with Gasteiger partial charge in [0.2, 0.25) is 0 Å². The van der Waals surface area contributed by atoms with Crippen LogP contribution in [0, 0.1) is 0 Å². The molecule has 0 heterocycles. The first-order valence-electron chi connectivity index (χ1n) is 5.02. The van der Waals surface area contributed by atoms with Gasteiger partial charge in [-0.1, -0.05) is 19.8 Å². The molecule has 0 spiro atoms. The molecule has 0 aliphatic carbocycles. The van der Waals surface area contributed by atoms with Crippen molar-refractivity contribution in [3.63, 3.8) is 0 Å². The molecule has 0 aliphatic rings. The summed E-state index contributed by atoms with van der Waals surface area (Å²) in [6.07, 6.45) is 4.07. The van der Waals surface area contributed by atoms with Crippen molar-refractivity contribution in [2.75, 3.05) is 26.8 Å². The van der Waals surface area contributed by atoms with Gasteiger partial charge in [-0.05, 0) is 6.42 Å². The minimum absolute atomic E-state index is 0.310. The first kappa shape index (κ1) is 12.6. The van der Waals surface area contributed by atoms with Crippen LogP contribution in [0.5, 0.6) is 0 Å². The van der Waals surface area contributed by atoms with Crippen molar-refractivity contribution in [1.82, 2.24) is 5.32 Å². The van der Waals surface area contributed by atoms with Gasteiger partial charge < -0.3 is 10.1 Å². The van der Waals surface area contributed by atoms with Gasteiger partial charge in [0.1, 0.15) is 5.78 Å². The summed E-state index contributed by atoms with van der Waals surface area (Å²) in [7, 11) is 1.66. The fourth-order valence-electron chi connectivity index (χ4n) is 1.06. The van der Waals surface area contributed by atoms with E-state index >= 15 is 0 Å². The lowest BCUT2D eigenvalue weighted by atomic mass is 10.1. The number of hydrogen-bond acceptors (Lipinski definition) is 3. The second-order valence-electron chi connectivity index (χ2n) is 3.17. The highest BCUT2D eigenvalue weighted by molar-refractivity contribution is 5.80. The first-order chi connectivity index (χ1) is 6.31. The summed E-state index contributed by atoms with van der Waals surface area (Å²) in [6, 6.07) is 0. The van der Waals surface area contributed by atoms with Crippen LogP contribution in [-0.2, 0) is 9.53 Å². The molecule has 3 nitrogen and oxygen atoms in total. The Labute approximate surface area is 80.8 Å². The van der Waals surface area contributed by atoms with E-state index in [1.807, 2.05) is 0 Å². The summed E-state index contributed by atoms with van der Waals surface area (Å²) >= 11 is 0. The Balaban J connectivity index is 3.11.